The summed E-state index contributed by atoms with van der Waals surface area (Å²) in [6.45, 7) is 1.46. The number of nitrogens with zero attached hydrogens (tertiary/aromatic N) is 1. The first-order valence-electron chi connectivity index (χ1n) is 4.10. The van der Waals surface area contributed by atoms with Gasteiger partial charge < -0.3 is 4.74 Å². The van der Waals surface area contributed by atoms with Crippen molar-refractivity contribution in [3.63, 3.8) is 0 Å². The molecule has 74 valence electrons. The Morgan fingerprint density at radius 2 is 2.00 bits per heavy atom. The maximum atomic E-state index is 10.3. The molecule has 0 bridgehead atoms. The van der Waals surface area contributed by atoms with Crippen LogP contribution in [0, 0.1) is 10.1 Å². The van der Waals surface area contributed by atoms with Gasteiger partial charge in [-0.3, -0.25) is 10.1 Å². The smallest absolute Gasteiger partial charge is 0.243 e. The summed E-state index contributed by atoms with van der Waals surface area (Å²) in [5.41, 5.74) is 0.912. The van der Waals surface area contributed by atoms with Crippen LogP contribution >= 0.6 is 0 Å². The van der Waals surface area contributed by atoms with Gasteiger partial charge in [0.15, 0.2) is 0 Å². The lowest BCUT2D eigenvalue weighted by atomic mass is 10.2. The normalized spacial score (nSPS) is 11.1. The third-order valence-electron chi connectivity index (χ3n) is 1.78. The minimum Gasteiger partial charge on any atom is -0.497 e. The van der Waals surface area contributed by atoms with Crippen molar-refractivity contribution >= 4 is 6.08 Å². The summed E-state index contributed by atoms with van der Waals surface area (Å²) < 4.78 is 4.97. The Labute approximate surface area is 82.0 Å². The molecule has 4 nitrogen and oxygen atoms in total. The van der Waals surface area contributed by atoms with Crippen LogP contribution in [0.3, 0.4) is 0 Å². The molecule has 0 radical (unpaired) electrons. The molecule has 0 atom stereocenters. The fourth-order valence-electron chi connectivity index (χ4n) is 0.994. The third kappa shape index (κ3) is 2.58. The standard InChI is InChI=1S/C10H11NO3/c1-8(11(12)13)7-9-3-5-10(14-2)6-4-9/h3-7H,1-2H3/b8-7+. The molecular formula is C10H11NO3. The highest BCUT2D eigenvalue weighted by Gasteiger charge is 2.01. The van der Waals surface area contributed by atoms with Gasteiger partial charge in [0, 0.05) is 13.0 Å². The highest BCUT2D eigenvalue weighted by atomic mass is 16.6. The maximum Gasteiger partial charge on any atom is 0.243 e. The number of allylic oxidation sites excluding steroid dienone is 1. The number of rotatable bonds is 3. The molecule has 0 unspecified atom stereocenters. The lowest BCUT2D eigenvalue weighted by molar-refractivity contribution is -0.422. The van der Waals surface area contributed by atoms with Crippen molar-refractivity contribution < 1.29 is 9.66 Å². The van der Waals surface area contributed by atoms with Crippen LogP contribution in [0.5, 0.6) is 5.75 Å². The Bertz CT molecular complexity index is 354. The Balaban J connectivity index is 2.88. The van der Waals surface area contributed by atoms with E-state index in [4.69, 9.17) is 4.74 Å². The molecule has 0 saturated heterocycles. The third-order valence-corrected chi connectivity index (χ3v) is 1.78. The first kappa shape index (κ1) is 10.2. The average molecular weight is 193 g/mol. The van der Waals surface area contributed by atoms with Crippen LogP contribution in [0.15, 0.2) is 30.0 Å². The van der Waals surface area contributed by atoms with Crippen molar-refractivity contribution in [2.75, 3.05) is 7.11 Å². The highest BCUT2D eigenvalue weighted by molar-refractivity contribution is 5.51. The Hall–Kier alpha value is -1.84. The lowest BCUT2D eigenvalue weighted by Gasteiger charge is -1.98. The molecule has 1 aromatic carbocycles. The number of hydrogen-bond acceptors (Lipinski definition) is 3. The largest absolute Gasteiger partial charge is 0.497 e. The van der Waals surface area contributed by atoms with E-state index in [0.717, 1.165) is 11.3 Å². The summed E-state index contributed by atoms with van der Waals surface area (Å²) in [6.07, 6.45) is 1.51. The maximum absolute atomic E-state index is 10.3. The number of nitro groups is 1. The predicted molar refractivity (Wildman–Crippen MR) is 53.6 cm³/mol. The van der Waals surface area contributed by atoms with Crippen LogP contribution in [-0.2, 0) is 0 Å². The average Bonchev–Trinajstić information content (AvgIpc) is 2.19. The second-order valence-corrected chi connectivity index (χ2v) is 2.82. The number of methoxy groups -OCH3 is 1. The summed E-state index contributed by atoms with van der Waals surface area (Å²) >= 11 is 0. The van der Waals surface area contributed by atoms with Gasteiger partial charge in [-0.2, -0.15) is 0 Å². The molecule has 1 aromatic rings. The number of ether oxygens (including phenoxy) is 1. The van der Waals surface area contributed by atoms with Gasteiger partial charge in [-0.1, -0.05) is 12.1 Å². The topological polar surface area (TPSA) is 52.4 Å². The Morgan fingerprint density at radius 3 is 2.43 bits per heavy atom. The van der Waals surface area contributed by atoms with Crippen LogP contribution in [0.2, 0.25) is 0 Å². The van der Waals surface area contributed by atoms with Crippen LogP contribution in [0.25, 0.3) is 6.08 Å². The molecule has 0 aliphatic carbocycles. The zero-order valence-corrected chi connectivity index (χ0v) is 8.06. The first-order valence-corrected chi connectivity index (χ1v) is 4.10. The van der Waals surface area contributed by atoms with Crippen LogP contribution in [-0.4, -0.2) is 12.0 Å². The molecule has 0 spiro atoms. The van der Waals surface area contributed by atoms with Crippen molar-refractivity contribution in [2.45, 2.75) is 6.92 Å². The molecule has 0 amide bonds. The Kier molecular flexibility index (Phi) is 3.23. The van der Waals surface area contributed by atoms with E-state index in [1.54, 1.807) is 31.4 Å². The zero-order valence-electron chi connectivity index (χ0n) is 8.06. The molecule has 0 heterocycles. The minimum atomic E-state index is -0.412. The summed E-state index contributed by atoms with van der Waals surface area (Å²) in [7, 11) is 1.58. The zero-order chi connectivity index (χ0) is 10.6. The summed E-state index contributed by atoms with van der Waals surface area (Å²) in [5.74, 6) is 0.737. The summed E-state index contributed by atoms with van der Waals surface area (Å²) in [4.78, 5) is 9.93. The first-order chi connectivity index (χ1) is 6.63. The Morgan fingerprint density at radius 1 is 1.43 bits per heavy atom. The van der Waals surface area contributed by atoms with Crippen molar-refractivity contribution in [3.05, 3.63) is 45.6 Å². The molecule has 0 fully saturated rings. The van der Waals surface area contributed by atoms with Crippen molar-refractivity contribution in [1.82, 2.24) is 0 Å². The SMILES string of the molecule is COc1ccc(/C=C(\C)[N+](=O)[O-])cc1. The van der Waals surface area contributed by atoms with Gasteiger partial charge in [0.1, 0.15) is 5.75 Å². The van der Waals surface area contributed by atoms with E-state index >= 15 is 0 Å². The van der Waals surface area contributed by atoms with Gasteiger partial charge in [-0.05, 0) is 17.7 Å². The van der Waals surface area contributed by atoms with E-state index in [2.05, 4.69) is 0 Å². The van der Waals surface area contributed by atoms with Gasteiger partial charge in [-0.25, -0.2) is 0 Å². The lowest BCUT2D eigenvalue weighted by Crippen LogP contribution is -1.92. The molecule has 1 rings (SSSR count). The van der Waals surface area contributed by atoms with E-state index in [9.17, 15) is 10.1 Å². The fourth-order valence-corrected chi connectivity index (χ4v) is 0.994. The molecule has 4 heteroatoms. The van der Waals surface area contributed by atoms with Crippen molar-refractivity contribution in [2.24, 2.45) is 0 Å². The second kappa shape index (κ2) is 4.41. The van der Waals surface area contributed by atoms with Gasteiger partial charge in [0.2, 0.25) is 5.70 Å². The molecule has 0 aromatic heterocycles. The second-order valence-electron chi connectivity index (χ2n) is 2.82. The predicted octanol–water partition coefficient (Wildman–Crippen LogP) is 2.33. The van der Waals surface area contributed by atoms with Crippen LogP contribution in [0.1, 0.15) is 12.5 Å². The van der Waals surface area contributed by atoms with Crippen molar-refractivity contribution in [1.29, 1.82) is 0 Å². The molecule has 0 aliphatic rings. The van der Waals surface area contributed by atoms with Gasteiger partial charge in [0.05, 0.1) is 12.0 Å². The van der Waals surface area contributed by atoms with Gasteiger partial charge in [-0.15, -0.1) is 0 Å². The van der Waals surface area contributed by atoms with E-state index in [1.807, 2.05) is 0 Å². The van der Waals surface area contributed by atoms with Crippen molar-refractivity contribution in [3.8, 4) is 5.75 Å². The molecule has 0 aliphatic heterocycles. The van der Waals surface area contributed by atoms with E-state index < -0.39 is 4.92 Å². The highest BCUT2D eigenvalue weighted by Crippen LogP contribution is 2.13. The van der Waals surface area contributed by atoms with Gasteiger partial charge in [0.25, 0.3) is 0 Å². The molecular weight excluding hydrogens is 182 g/mol. The van der Waals surface area contributed by atoms with E-state index in [-0.39, 0.29) is 5.70 Å². The minimum absolute atomic E-state index is 0.121. The molecule has 14 heavy (non-hydrogen) atoms. The van der Waals surface area contributed by atoms with E-state index in [1.165, 1.54) is 13.0 Å². The number of hydrogen-bond donors (Lipinski definition) is 0. The monoisotopic (exact) mass is 193 g/mol. The van der Waals surface area contributed by atoms with Gasteiger partial charge >= 0.3 is 0 Å². The summed E-state index contributed by atoms with van der Waals surface area (Å²) in [5, 5.41) is 10.3. The molecule has 0 N–H and O–H groups in total. The summed E-state index contributed by atoms with van der Waals surface area (Å²) in [6, 6.07) is 7.07. The number of benzene rings is 1. The van der Waals surface area contributed by atoms with Crippen LogP contribution in [0.4, 0.5) is 0 Å². The van der Waals surface area contributed by atoms with Crippen LogP contribution < -0.4 is 4.74 Å². The quantitative estimate of drug-likeness (QED) is 0.546. The fraction of sp³-hybridized carbons (Fsp3) is 0.200. The van der Waals surface area contributed by atoms with E-state index in [0.29, 0.717) is 0 Å². The molecule has 0 saturated carbocycles.